The topological polar surface area (TPSA) is 191 Å². The van der Waals surface area contributed by atoms with Crippen LogP contribution in [0.4, 0.5) is 4.79 Å². The van der Waals surface area contributed by atoms with Crippen LogP contribution in [0.3, 0.4) is 0 Å². The minimum atomic E-state index is -1.57. The van der Waals surface area contributed by atoms with Crippen molar-refractivity contribution < 1.29 is 53.1 Å². The van der Waals surface area contributed by atoms with Crippen LogP contribution in [0.5, 0.6) is 23.0 Å². The van der Waals surface area contributed by atoms with Gasteiger partial charge >= 0.3 is 6.09 Å². The van der Waals surface area contributed by atoms with E-state index in [-0.39, 0.29) is 63.2 Å². The third-order valence-corrected chi connectivity index (χ3v) is 15.8. The first-order valence-electron chi connectivity index (χ1n) is 28.3. The summed E-state index contributed by atoms with van der Waals surface area (Å²) in [5.74, 6) is -0.891. The van der Waals surface area contributed by atoms with Gasteiger partial charge in [0.05, 0.1) is 36.5 Å². The van der Waals surface area contributed by atoms with Crippen molar-refractivity contribution in [3.05, 3.63) is 107 Å². The number of benzene rings is 3. The number of aliphatic hydroxyl groups excluding tert-OH is 2. The highest BCUT2D eigenvalue weighted by atomic mass is 16.8. The molecule has 5 aliphatic rings. The molecule has 3 aliphatic heterocycles. The van der Waals surface area contributed by atoms with Gasteiger partial charge in [-0.3, -0.25) is 4.79 Å². The first-order chi connectivity index (χ1) is 37.3. The maximum absolute atomic E-state index is 15.6. The number of amides is 2. The SMILES string of the molecule is C=CCOC12Oc3ccc(OC(=O)NCCCCCCCCCCCC)cc3C3C(CCCCO)C(CCCCO)C=C(C(=NOC4CCCCO4)CC1N(Cc1ccc4c(c1)OCO4)C(=O)c1ccc(C#N)cc1)C32. The Balaban J connectivity index is 1.21. The highest BCUT2D eigenvalue weighted by Crippen LogP contribution is 2.62. The fraction of sp³-hybridized carbons (Fsp3) is 0.574. The number of oxime groups is 1. The number of nitriles is 1. The van der Waals surface area contributed by atoms with Gasteiger partial charge in [-0.1, -0.05) is 101 Å². The lowest BCUT2D eigenvalue weighted by atomic mass is 9.55. The summed E-state index contributed by atoms with van der Waals surface area (Å²) >= 11 is 0. The van der Waals surface area contributed by atoms with Crippen molar-refractivity contribution in [3.8, 4) is 29.1 Å². The molecule has 15 nitrogen and oxygen atoms in total. The molecule has 0 aromatic heterocycles. The van der Waals surface area contributed by atoms with Crippen LogP contribution in [0.2, 0.25) is 0 Å². The van der Waals surface area contributed by atoms with E-state index in [2.05, 4.69) is 31.0 Å². The summed E-state index contributed by atoms with van der Waals surface area (Å²) in [6, 6.07) is 19.1. The lowest BCUT2D eigenvalue weighted by Crippen LogP contribution is -2.70. The van der Waals surface area contributed by atoms with Gasteiger partial charge in [0.1, 0.15) is 17.5 Å². The van der Waals surface area contributed by atoms with Gasteiger partial charge in [0.2, 0.25) is 18.9 Å². The van der Waals surface area contributed by atoms with Crippen LogP contribution in [0.1, 0.15) is 168 Å². The molecule has 15 heteroatoms. The fourth-order valence-electron chi connectivity index (χ4n) is 12.0. The second-order valence-corrected chi connectivity index (χ2v) is 21.0. The fourth-order valence-corrected chi connectivity index (χ4v) is 12.0. The van der Waals surface area contributed by atoms with Crippen molar-refractivity contribution in [1.82, 2.24) is 10.2 Å². The van der Waals surface area contributed by atoms with E-state index in [1.54, 1.807) is 41.3 Å². The van der Waals surface area contributed by atoms with E-state index in [1.807, 2.05) is 30.3 Å². The Bertz CT molecular complexity index is 2480. The molecule has 0 bridgehead atoms. The number of fused-ring (bicyclic) bond motifs is 3. The first-order valence-corrected chi connectivity index (χ1v) is 28.3. The smallest absolute Gasteiger partial charge is 0.412 e. The molecule has 3 heterocycles. The summed E-state index contributed by atoms with van der Waals surface area (Å²) < 4.78 is 38.4. The zero-order valence-corrected chi connectivity index (χ0v) is 44.6. The number of nitrogens with zero attached hydrogens (tertiary/aromatic N) is 3. The molecule has 76 heavy (non-hydrogen) atoms. The van der Waals surface area contributed by atoms with Crippen molar-refractivity contribution in [2.45, 2.75) is 166 Å². The summed E-state index contributed by atoms with van der Waals surface area (Å²) in [6.07, 6.45) is 21.8. The minimum Gasteiger partial charge on any atom is -0.459 e. The van der Waals surface area contributed by atoms with Gasteiger partial charge in [0.15, 0.2) is 11.5 Å². The van der Waals surface area contributed by atoms with Gasteiger partial charge in [0.25, 0.3) is 5.91 Å². The molecule has 7 atom stereocenters. The van der Waals surface area contributed by atoms with Gasteiger partial charge in [0, 0.05) is 56.2 Å². The van der Waals surface area contributed by atoms with E-state index in [0.717, 1.165) is 74.5 Å². The summed E-state index contributed by atoms with van der Waals surface area (Å²) in [5, 5.41) is 38.0. The number of carbonyl (C=O) groups is 2. The van der Waals surface area contributed by atoms with Crippen LogP contribution in [0.25, 0.3) is 0 Å². The number of nitrogens with one attached hydrogen (secondary N) is 1. The van der Waals surface area contributed by atoms with Crippen molar-refractivity contribution in [2.75, 3.05) is 39.8 Å². The minimum absolute atomic E-state index is 0.0174. The molecule has 2 fully saturated rings. The maximum Gasteiger partial charge on any atom is 0.412 e. The van der Waals surface area contributed by atoms with Crippen LogP contribution in [0, 0.1) is 29.1 Å². The Morgan fingerprint density at radius 1 is 0.882 bits per heavy atom. The highest BCUT2D eigenvalue weighted by Gasteiger charge is 2.65. The normalized spacial score (nSPS) is 23.6. The van der Waals surface area contributed by atoms with Crippen LogP contribution >= 0.6 is 0 Å². The van der Waals surface area contributed by atoms with Gasteiger partial charge < -0.3 is 53.7 Å². The van der Waals surface area contributed by atoms with Crippen molar-refractivity contribution in [2.24, 2.45) is 22.9 Å². The Kier molecular flexibility index (Phi) is 21.1. The molecule has 410 valence electrons. The Hall–Kier alpha value is -5.92. The summed E-state index contributed by atoms with van der Waals surface area (Å²) in [4.78, 5) is 37.3. The third kappa shape index (κ3) is 14.0. The molecule has 3 N–H and O–H groups in total. The molecule has 1 saturated heterocycles. The zero-order chi connectivity index (χ0) is 53.1. The van der Waals surface area contributed by atoms with E-state index in [4.69, 9.17) is 38.4 Å². The van der Waals surface area contributed by atoms with Crippen LogP contribution in [0.15, 0.2) is 90.1 Å². The predicted molar refractivity (Wildman–Crippen MR) is 289 cm³/mol. The highest BCUT2D eigenvalue weighted by molar-refractivity contribution is 6.03. The molecular weight excluding hydrogens is 965 g/mol. The second-order valence-electron chi connectivity index (χ2n) is 21.0. The molecule has 3 aromatic carbocycles. The summed E-state index contributed by atoms with van der Waals surface area (Å²) in [6.45, 7) is 7.75. The van der Waals surface area contributed by atoms with Crippen molar-refractivity contribution in [3.63, 3.8) is 0 Å². The lowest BCUT2D eigenvalue weighted by molar-refractivity contribution is -0.255. The quantitative estimate of drug-likeness (QED) is 0.0339. The average molecular weight is 1050 g/mol. The van der Waals surface area contributed by atoms with Gasteiger partial charge in [-0.2, -0.15) is 5.26 Å². The maximum atomic E-state index is 15.6. The molecule has 2 aliphatic carbocycles. The number of carbonyl (C=O) groups excluding carboxylic acids is 2. The largest absolute Gasteiger partial charge is 0.459 e. The van der Waals surface area contributed by atoms with E-state index < -0.39 is 30.1 Å². The Labute approximate surface area is 449 Å². The Morgan fingerprint density at radius 2 is 1.62 bits per heavy atom. The molecule has 1 saturated carbocycles. The summed E-state index contributed by atoms with van der Waals surface area (Å²) in [5.41, 5.74) is 3.87. The average Bonchev–Trinajstić information content (AvgIpc) is 3.92. The molecule has 0 radical (unpaired) electrons. The number of hydrogen-bond acceptors (Lipinski definition) is 13. The van der Waals surface area contributed by atoms with Crippen LogP contribution in [-0.2, 0) is 20.9 Å². The monoisotopic (exact) mass is 1040 g/mol. The van der Waals surface area contributed by atoms with Gasteiger partial charge in [-0.25, -0.2) is 4.79 Å². The standard InChI is InChI=1S/C61H80N4O11/c1-3-5-6-7-8-9-10-11-12-16-31-63-60(69)74-47-28-30-52-50(38-47)57-48(21-14-18-33-67)46(20-13-17-32-66)37-49-51(64-76-56-22-15-19-35-70-56)39-55(61(75-52,58(49)57)73-34-4-2)65(59(68)45-26-23-43(40-62)24-27-45)41-44-25-29-53-54(36-44)72-42-71-53/h4,23-30,36-38,46,48,55-58,66-67H,2-3,5-22,31-35,39,41-42H2,1H3,(H,63,69). The van der Waals surface area contributed by atoms with Crippen molar-refractivity contribution in [1.29, 1.82) is 5.26 Å². The molecule has 3 aromatic rings. The first kappa shape index (κ1) is 56.3. The zero-order valence-electron chi connectivity index (χ0n) is 44.6. The van der Waals surface area contributed by atoms with E-state index in [0.29, 0.717) is 72.3 Å². The number of allylic oxidation sites excluding steroid dienone is 1. The number of unbranched alkanes of at least 4 members (excludes halogenated alkanes) is 11. The molecule has 2 amide bonds. The Morgan fingerprint density at radius 3 is 2.34 bits per heavy atom. The second kappa shape index (κ2) is 28.5. The third-order valence-electron chi connectivity index (χ3n) is 15.8. The van der Waals surface area contributed by atoms with Crippen LogP contribution < -0.4 is 24.3 Å². The number of aliphatic hydroxyl groups is 2. The molecule has 7 unspecified atom stereocenters. The number of hydrogen-bond donors (Lipinski definition) is 3. The molecule has 0 spiro atoms. The van der Waals surface area contributed by atoms with Crippen molar-refractivity contribution >= 4 is 17.7 Å². The van der Waals surface area contributed by atoms with Gasteiger partial charge in [-0.15, -0.1) is 6.58 Å². The molecule has 8 rings (SSSR count). The number of ether oxygens (including phenoxy) is 6. The van der Waals surface area contributed by atoms with Crippen LogP contribution in [-0.4, -0.2) is 90.7 Å². The molecular formula is C61H80N4O11. The van der Waals surface area contributed by atoms with E-state index >= 15 is 4.79 Å². The number of rotatable bonds is 29. The van der Waals surface area contributed by atoms with Gasteiger partial charge in [-0.05, 0) is 123 Å². The lowest BCUT2D eigenvalue weighted by Gasteiger charge is -2.60. The van der Waals surface area contributed by atoms with E-state index in [9.17, 15) is 20.3 Å². The predicted octanol–water partition coefficient (Wildman–Crippen LogP) is 11.8. The summed E-state index contributed by atoms with van der Waals surface area (Å²) in [7, 11) is 0. The van der Waals surface area contributed by atoms with E-state index in [1.165, 1.54) is 44.9 Å².